The zero-order valence-corrected chi connectivity index (χ0v) is 11.9. The summed E-state index contributed by atoms with van der Waals surface area (Å²) in [5.74, 6) is 0.114. The van der Waals surface area contributed by atoms with E-state index in [1.54, 1.807) is 37.1 Å². The molecule has 0 fully saturated rings. The normalized spacial score (nSPS) is 12.6. The van der Waals surface area contributed by atoms with Crippen molar-refractivity contribution in [2.45, 2.75) is 9.92 Å². The Morgan fingerprint density at radius 3 is 3.00 bits per heavy atom. The van der Waals surface area contributed by atoms with Crippen LogP contribution in [0.25, 0.3) is 0 Å². The molecule has 0 unspecified atom stereocenters. The van der Waals surface area contributed by atoms with Crippen molar-refractivity contribution in [3.05, 3.63) is 36.2 Å². The standard InChI is InChI=1S/C13H12N4O3S/c1-20-7-17-9-6-8(12(18)16-19)2-3-10(9)21-13-11(17)14-4-5-15-13/h2-6,19H,7H2,1H3,(H,16,18). The highest BCUT2D eigenvalue weighted by Gasteiger charge is 2.26. The number of ether oxygens (including phenoxy) is 1. The first kappa shape index (κ1) is 13.8. The molecular formula is C13H12N4O3S. The molecule has 108 valence electrons. The lowest BCUT2D eigenvalue weighted by atomic mass is 10.1. The Balaban J connectivity index is 2.10. The van der Waals surface area contributed by atoms with Crippen molar-refractivity contribution in [1.29, 1.82) is 0 Å². The van der Waals surface area contributed by atoms with Gasteiger partial charge in [-0.3, -0.25) is 14.9 Å². The van der Waals surface area contributed by atoms with E-state index < -0.39 is 5.91 Å². The van der Waals surface area contributed by atoms with Crippen molar-refractivity contribution in [3.8, 4) is 0 Å². The van der Waals surface area contributed by atoms with Crippen LogP contribution in [-0.4, -0.2) is 34.9 Å². The van der Waals surface area contributed by atoms with Gasteiger partial charge in [0.05, 0.1) is 5.69 Å². The molecule has 2 N–H and O–H groups in total. The maximum absolute atomic E-state index is 11.6. The summed E-state index contributed by atoms with van der Waals surface area (Å²) >= 11 is 1.48. The van der Waals surface area contributed by atoms with Crippen molar-refractivity contribution >= 4 is 29.2 Å². The van der Waals surface area contributed by atoms with Crippen LogP contribution in [0.5, 0.6) is 0 Å². The van der Waals surface area contributed by atoms with Crippen LogP contribution < -0.4 is 10.4 Å². The summed E-state index contributed by atoms with van der Waals surface area (Å²) in [6.45, 7) is 0.281. The maximum atomic E-state index is 11.6. The maximum Gasteiger partial charge on any atom is 0.274 e. The van der Waals surface area contributed by atoms with Crippen LogP contribution in [0, 0.1) is 0 Å². The molecule has 1 aromatic carbocycles. The Morgan fingerprint density at radius 2 is 2.24 bits per heavy atom. The van der Waals surface area contributed by atoms with Gasteiger partial charge in [0.1, 0.15) is 11.8 Å². The summed E-state index contributed by atoms with van der Waals surface area (Å²) < 4.78 is 5.22. The number of hydrogen-bond acceptors (Lipinski definition) is 7. The number of carbonyl (C=O) groups excluding carboxylic acids is 1. The minimum Gasteiger partial charge on any atom is -0.364 e. The molecule has 8 heteroatoms. The monoisotopic (exact) mass is 304 g/mol. The number of anilines is 2. The Bertz CT molecular complexity index is 695. The van der Waals surface area contributed by atoms with Crippen LogP contribution in [0.15, 0.2) is 40.5 Å². The van der Waals surface area contributed by atoms with E-state index in [2.05, 4.69) is 9.97 Å². The van der Waals surface area contributed by atoms with Gasteiger partial charge in [0.25, 0.3) is 5.91 Å². The second-order valence-corrected chi connectivity index (χ2v) is 5.29. The topological polar surface area (TPSA) is 87.6 Å². The molecular weight excluding hydrogens is 292 g/mol. The minimum atomic E-state index is -0.565. The van der Waals surface area contributed by atoms with Gasteiger partial charge < -0.3 is 4.74 Å². The van der Waals surface area contributed by atoms with Gasteiger partial charge in [-0.25, -0.2) is 15.4 Å². The number of aromatic nitrogens is 2. The zero-order valence-electron chi connectivity index (χ0n) is 11.1. The van der Waals surface area contributed by atoms with Gasteiger partial charge in [-0.05, 0) is 18.2 Å². The van der Waals surface area contributed by atoms with E-state index in [1.165, 1.54) is 11.8 Å². The fourth-order valence-electron chi connectivity index (χ4n) is 2.07. The quantitative estimate of drug-likeness (QED) is 0.660. The lowest BCUT2D eigenvalue weighted by Crippen LogP contribution is -2.25. The van der Waals surface area contributed by atoms with Gasteiger partial charge in [-0.2, -0.15) is 0 Å². The van der Waals surface area contributed by atoms with Crippen LogP contribution in [0.3, 0.4) is 0 Å². The van der Waals surface area contributed by atoms with Gasteiger partial charge >= 0.3 is 0 Å². The number of nitrogens with one attached hydrogen (secondary N) is 1. The van der Waals surface area contributed by atoms with Gasteiger partial charge in [0.2, 0.25) is 0 Å². The molecule has 0 spiro atoms. The molecule has 1 aromatic heterocycles. The van der Waals surface area contributed by atoms with E-state index in [9.17, 15) is 4.79 Å². The van der Waals surface area contributed by atoms with Crippen molar-refractivity contribution in [2.24, 2.45) is 0 Å². The third-order valence-electron chi connectivity index (χ3n) is 2.98. The molecule has 2 heterocycles. The molecule has 0 atom stereocenters. The molecule has 7 nitrogen and oxygen atoms in total. The van der Waals surface area contributed by atoms with Gasteiger partial charge in [0, 0.05) is 30.0 Å². The van der Waals surface area contributed by atoms with E-state index in [-0.39, 0.29) is 6.73 Å². The van der Waals surface area contributed by atoms with Gasteiger partial charge in [0.15, 0.2) is 5.82 Å². The summed E-state index contributed by atoms with van der Waals surface area (Å²) in [7, 11) is 1.59. The first-order valence-corrected chi connectivity index (χ1v) is 6.90. The second-order valence-electron chi connectivity index (χ2n) is 4.26. The second kappa shape index (κ2) is 5.68. The molecule has 3 rings (SSSR count). The van der Waals surface area contributed by atoms with Gasteiger partial charge in [-0.1, -0.05) is 11.8 Å². The summed E-state index contributed by atoms with van der Waals surface area (Å²) in [6.07, 6.45) is 3.24. The third kappa shape index (κ3) is 2.44. The van der Waals surface area contributed by atoms with Crippen molar-refractivity contribution in [3.63, 3.8) is 0 Å². The third-order valence-corrected chi connectivity index (χ3v) is 4.03. The highest BCUT2D eigenvalue weighted by Crippen LogP contribution is 2.46. The van der Waals surface area contributed by atoms with Gasteiger partial charge in [-0.15, -0.1) is 0 Å². The number of rotatable bonds is 3. The number of hydrogen-bond donors (Lipinski definition) is 2. The number of nitrogens with zero attached hydrogens (tertiary/aromatic N) is 3. The smallest absolute Gasteiger partial charge is 0.274 e. The number of carbonyl (C=O) groups is 1. The molecule has 0 radical (unpaired) electrons. The largest absolute Gasteiger partial charge is 0.364 e. The number of amides is 1. The predicted molar refractivity (Wildman–Crippen MR) is 75.9 cm³/mol. The fraction of sp³-hybridized carbons (Fsp3) is 0.154. The average Bonchev–Trinajstić information content (AvgIpc) is 2.53. The molecule has 1 amide bonds. The Hall–Kier alpha value is -2.16. The molecule has 1 aliphatic rings. The Labute approximate surface area is 124 Å². The molecule has 0 saturated heterocycles. The number of benzene rings is 1. The first-order chi connectivity index (χ1) is 10.2. The van der Waals surface area contributed by atoms with E-state index in [4.69, 9.17) is 9.94 Å². The van der Waals surface area contributed by atoms with Crippen LogP contribution in [0.4, 0.5) is 11.5 Å². The van der Waals surface area contributed by atoms with Crippen molar-refractivity contribution in [2.75, 3.05) is 18.7 Å². The number of fused-ring (bicyclic) bond motifs is 2. The zero-order chi connectivity index (χ0) is 14.8. The molecule has 0 bridgehead atoms. The van der Waals surface area contributed by atoms with Crippen LogP contribution >= 0.6 is 11.8 Å². The summed E-state index contributed by atoms with van der Waals surface area (Å²) in [5.41, 5.74) is 2.77. The van der Waals surface area contributed by atoms with E-state index in [0.29, 0.717) is 11.4 Å². The highest BCUT2D eigenvalue weighted by molar-refractivity contribution is 7.99. The molecule has 0 aliphatic carbocycles. The lowest BCUT2D eigenvalue weighted by molar-refractivity contribution is 0.0706. The van der Waals surface area contributed by atoms with Crippen LogP contribution in [0.2, 0.25) is 0 Å². The van der Waals surface area contributed by atoms with E-state index in [1.807, 2.05) is 11.0 Å². The number of hydroxylamine groups is 1. The van der Waals surface area contributed by atoms with E-state index in [0.717, 1.165) is 15.6 Å². The summed E-state index contributed by atoms with van der Waals surface area (Å²) in [4.78, 5) is 23.0. The van der Waals surface area contributed by atoms with E-state index >= 15 is 0 Å². The Morgan fingerprint density at radius 1 is 1.43 bits per heavy atom. The first-order valence-electron chi connectivity index (χ1n) is 6.08. The van der Waals surface area contributed by atoms with Crippen molar-refractivity contribution < 1.29 is 14.7 Å². The molecule has 0 saturated carbocycles. The highest BCUT2D eigenvalue weighted by atomic mass is 32.2. The molecule has 1 aliphatic heterocycles. The van der Waals surface area contributed by atoms with Crippen LogP contribution in [0.1, 0.15) is 10.4 Å². The summed E-state index contributed by atoms with van der Waals surface area (Å²) in [6, 6.07) is 5.14. The molecule has 21 heavy (non-hydrogen) atoms. The van der Waals surface area contributed by atoms with Crippen LogP contribution in [-0.2, 0) is 4.74 Å². The fourth-order valence-corrected chi connectivity index (χ4v) is 3.06. The predicted octanol–water partition coefficient (Wildman–Crippen LogP) is 1.80. The molecule has 2 aromatic rings. The average molecular weight is 304 g/mol. The SMILES string of the molecule is COCN1c2cc(C(=O)NO)ccc2Sc2nccnc21. The Kier molecular flexibility index (Phi) is 3.74. The van der Waals surface area contributed by atoms with Crippen molar-refractivity contribution in [1.82, 2.24) is 15.4 Å². The number of methoxy groups -OCH3 is 1. The summed E-state index contributed by atoms with van der Waals surface area (Å²) in [5, 5.41) is 9.53. The lowest BCUT2D eigenvalue weighted by Gasteiger charge is -2.30. The minimum absolute atomic E-state index is 0.281.